The lowest BCUT2D eigenvalue weighted by atomic mass is 9.98. The molecule has 0 saturated carbocycles. The van der Waals surface area contributed by atoms with Crippen LogP contribution < -0.4 is 10.6 Å². The Morgan fingerprint density at radius 3 is 2.75 bits per heavy atom. The second-order valence-electron chi connectivity index (χ2n) is 7.57. The summed E-state index contributed by atoms with van der Waals surface area (Å²) in [6.07, 6.45) is 9.90. The maximum atomic E-state index is 12.5. The van der Waals surface area contributed by atoms with Crippen molar-refractivity contribution in [3.05, 3.63) is 72.0 Å². The Kier molecular flexibility index (Phi) is 5.35. The molecule has 0 unspecified atom stereocenters. The van der Waals surface area contributed by atoms with Gasteiger partial charge >= 0.3 is 6.03 Å². The molecule has 1 aromatic carbocycles. The molecule has 0 radical (unpaired) electrons. The first-order chi connectivity index (χ1) is 13.7. The van der Waals surface area contributed by atoms with Gasteiger partial charge in [0.2, 0.25) is 0 Å². The number of benzene rings is 1. The molecule has 3 heterocycles. The molecular formula is C23H28N4O. The topological polar surface area (TPSA) is 47.6 Å². The predicted molar refractivity (Wildman–Crippen MR) is 115 cm³/mol. The zero-order chi connectivity index (χ0) is 19.5. The van der Waals surface area contributed by atoms with E-state index in [1.165, 1.54) is 16.8 Å². The number of likely N-dealkylation sites (tertiary alicyclic amines) is 1. The van der Waals surface area contributed by atoms with Crippen molar-refractivity contribution in [2.24, 2.45) is 0 Å². The summed E-state index contributed by atoms with van der Waals surface area (Å²) >= 11 is 0. The molecule has 28 heavy (non-hydrogen) atoms. The lowest BCUT2D eigenvalue weighted by molar-refractivity contribution is 0.121. The molecule has 0 atom stereocenters. The summed E-state index contributed by atoms with van der Waals surface area (Å²) in [7, 11) is 0. The van der Waals surface area contributed by atoms with Crippen molar-refractivity contribution in [2.75, 3.05) is 31.5 Å². The van der Waals surface area contributed by atoms with Gasteiger partial charge in [0.1, 0.15) is 0 Å². The van der Waals surface area contributed by atoms with E-state index >= 15 is 0 Å². The second-order valence-corrected chi connectivity index (χ2v) is 7.57. The van der Waals surface area contributed by atoms with Crippen LogP contribution in [0.2, 0.25) is 0 Å². The van der Waals surface area contributed by atoms with Crippen molar-refractivity contribution in [1.82, 2.24) is 15.1 Å². The van der Waals surface area contributed by atoms with Crippen LogP contribution in [0.5, 0.6) is 0 Å². The van der Waals surface area contributed by atoms with E-state index in [0.717, 1.165) is 50.3 Å². The van der Waals surface area contributed by atoms with E-state index in [0.29, 0.717) is 6.54 Å². The summed E-state index contributed by atoms with van der Waals surface area (Å²) in [4.78, 5) is 17.0. The quantitative estimate of drug-likeness (QED) is 0.823. The second kappa shape index (κ2) is 8.07. The number of anilines is 1. The number of piperidine rings is 1. The summed E-state index contributed by atoms with van der Waals surface area (Å²) in [6.45, 7) is 12.1. The monoisotopic (exact) mass is 376 g/mol. The number of fused-ring (bicyclic) bond motifs is 1. The third-order valence-corrected chi connectivity index (χ3v) is 5.92. The van der Waals surface area contributed by atoms with Crippen LogP contribution in [0.25, 0.3) is 6.08 Å². The molecule has 0 bridgehead atoms. The smallest absolute Gasteiger partial charge is 0.322 e. The number of hydrogen-bond donors (Lipinski definition) is 2. The molecule has 3 aliphatic heterocycles. The maximum absolute atomic E-state index is 12.5. The Labute approximate surface area is 167 Å². The lowest BCUT2D eigenvalue weighted by Gasteiger charge is -2.40. The summed E-state index contributed by atoms with van der Waals surface area (Å²) < 4.78 is 0. The minimum absolute atomic E-state index is 0.0210. The van der Waals surface area contributed by atoms with E-state index in [-0.39, 0.29) is 12.1 Å². The number of allylic oxidation sites excluding steroid dienone is 1. The van der Waals surface area contributed by atoms with Gasteiger partial charge in [0, 0.05) is 55.7 Å². The van der Waals surface area contributed by atoms with Crippen LogP contribution in [0.4, 0.5) is 10.5 Å². The number of hydrogen-bond acceptors (Lipinski definition) is 3. The maximum Gasteiger partial charge on any atom is 0.322 e. The van der Waals surface area contributed by atoms with Crippen molar-refractivity contribution >= 4 is 17.8 Å². The van der Waals surface area contributed by atoms with E-state index in [1.807, 2.05) is 11.0 Å². The molecular weight excluding hydrogens is 348 g/mol. The van der Waals surface area contributed by atoms with Crippen molar-refractivity contribution in [1.29, 1.82) is 0 Å². The summed E-state index contributed by atoms with van der Waals surface area (Å²) in [5, 5.41) is 6.39. The molecule has 2 amide bonds. The molecule has 0 aliphatic carbocycles. The average Bonchev–Trinajstić information content (AvgIpc) is 2.74. The van der Waals surface area contributed by atoms with Crippen LogP contribution in [0, 0.1) is 0 Å². The molecule has 1 aromatic rings. The fraction of sp³-hybridized carbons (Fsp3) is 0.348. The Morgan fingerprint density at radius 1 is 1.18 bits per heavy atom. The highest BCUT2D eigenvalue weighted by Crippen LogP contribution is 2.27. The molecule has 5 nitrogen and oxygen atoms in total. The molecule has 146 valence electrons. The molecule has 3 aliphatic rings. The van der Waals surface area contributed by atoms with Crippen molar-refractivity contribution < 1.29 is 4.79 Å². The number of urea groups is 1. The van der Waals surface area contributed by atoms with E-state index in [1.54, 1.807) is 6.08 Å². The highest BCUT2D eigenvalue weighted by molar-refractivity contribution is 5.79. The highest BCUT2D eigenvalue weighted by atomic mass is 16.2. The standard InChI is InChI=1S/C23H28N4O/c1-3-17-16-27(23(28)25-21(17)4-2)19-10-13-26(14-11-19)15-18-7-5-9-22-20(18)8-6-12-24-22/h3-9,19,24H,1-2,10-16H2,(H,25,28). The van der Waals surface area contributed by atoms with E-state index in [2.05, 4.69) is 59.0 Å². The molecule has 2 N–H and O–H groups in total. The number of nitrogens with zero attached hydrogens (tertiary/aromatic N) is 2. The van der Waals surface area contributed by atoms with Gasteiger partial charge < -0.3 is 15.5 Å². The first-order valence-electron chi connectivity index (χ1n) is 10.00. The minimum atomic E-state index is -0.0210. The summed E-state index contributed by atoms with van der Waals surface area (Å²) in [5.41, 5.74) is 5.71. The van der Waals surface area contributed by atoms with Gasteiger partial charge in [-0.2, -0.15) is 0 Å². The molecule has 0 aromatic heterocycles. The van der Waals surface area contributed by atoms with Crippen LogP contribution >= 0.6 is 0 Å². The Hall–Kier alpha value is -2.79. The lowest BCUT2D eigenvalue weighted by Crippen LogP contribution is -2.53. The van der Waals surface area contributed by atoms with Crippen LogP contribution in [-0.2, 0) is 6.54 Å². The molecule has 1 saturated heterocycles. The molecule has 1 fully saturated rings. The van der Waals surface area contributed by atoms with Crippen molar-refractivity contribution in [3.8, 4) is 0 Å². The van der Waals surface area contributed by atoms with Gasteiger partial charge in [-0.05, 0) is 36.1 Å². The number of amides is 2. The van der Waals surface area contributed by atoms with Gasteiger partial charge in [-0.1, -0.05) is 43.5 Å². The Morgan fingerprint density at radius 2 is 2.00 bits per heavy atom. The minimum Gasteiger partial charge on any atom is -0.381 e. The Balaban J connectivity index is 1.39. The van der Waals surface area contributed by atoms with E-state index in [4.69, 9.17) is 0 Å². The first kappa shape index (κ1) is 18.6. The van der Waals surface area contributed by atoms with Crippen molar-refractivity contribution in [3.63, 3.8) is 0 Å². The zero-order valence-corrected chi connectivity index (χ0v) is 16.3. The zero-order valence-electron chi connectivity index (χ0n) is 16.3. The Bertz CT molecular complexity index is 846. The summed E-state index contributed by atoms with van der Waals surface area (Å²) in [5.74, 6) is 0. The van der Waals surface area contributed by atoms with Crippen LogP contribution in [0.3, 0.4) is 0 Å². The largest absolute Gasteiger partial charge is 0.381 e. The molecule has 4 rings (SSSR count). The van der Waals surface area contributed by atoms with Crippen LogP contribution in [-0.4, -0.2) is 48.1 Å². The van der Waals surface area contributed by atoms with E-state index < -0.39 is 0 Å². The average molecular weight is 377 g/mol. The van der Waals surface area contributed by atoms with Gasteiger partial charge in [0.05, 0.1) is 0 Å². The molecule has 0 spiro atoms. The predicted octanol–water partition coefficient (Wildman–Crippen LogP) is 3.74. The van der Waals surface area contributed by atoms with Gasteiger partial charge in [-0.3, -0.25) is 4.90 Å². The fourth-order valence-electron chi connectivity index (χ4n) is 4.34. The third kappa shape index (κ3) is 3.62. The number of carbonyl (C=O) groups excluding carboxylic acids is 1. The number of carbonyl (C=O) groups is 1. The van der Waals surface area contributed by atoms with Crippen molar-refractivity contribution in [2.45, 2.75) is 25.4 Å². The number of nitrogens with one attached hydrogen (secondary N) is 2. The van der Waals surface area contributed by atoms with Crippen LogP contribution in [0.15, 0.2) is 60.9 Å². The summed E-state index contributed by atoms with van der Waals surface area (Å²) in [6, 6.07) is 6.74. The van der Waals surface area contributed by atoms with Gasteiger partial charge in [0.25, 0.3) is 0 Å². The van der Waals surface area contributed by atoms with Gasteiger partial charge in [-0.15, -0.1) is 0 Å². The highest BCUT2D eigenvalue weighted by Gasteiger charge is 2.31. The van der Waals surface area contributed by atoms with E-state index in [9.17, 15) is 4.79 Å². The molecule has 5 heteroatoms. The SMILES string of the molecule is C=CC1=C(C=C)NC(=O)N(C2CCN(Cc3cccc4c3C=CCN4)CC2)C1. The normalized spacial score (nSPS) is 20.4. The first-order valence-corrected chi connectivity index (χ1v) is 10.00. The van der Waals surface area contributed by atoms with Gasteiger partial charge in [0.15, 0.2) is 0 Å². The van der Waals surface area contributed by atoms with Gasteiger partial charge in [-0.25, -0.2) is 4.79 Å². The number of rotatable bonds is 5. The third-order valence-electron chi connectivity index (χ3n) is 5.92. The van der Waals surface area contributed by atoms with Crippen LogP contribution in [0.1, 0.15) is 24.0 Å². The fourth-order valence-corrected chi connectivity index (χ4v) is 4.34.